The van der Waals surface area contributed by atoms with Crippen LogP contribution in [0.15, 0.2) is 0 Å². The Morgan fingerprint density at radius 3 is 2.59 bits per heavy atom. The Morgan fingerprint density at radius 2 is 2.12 bits per heavy atom. The predicted octanol–water partition coefficient (Wildman–Crippen LogP) is 1.04. The number of rotatable bonds is 5. The Morgan fingerprint density at radius 1 is 1.47 bits per heavy atom. The van der Waals surface area contributed by atoms with Gasteiger partial charge in [0.05, 0.1) is 11.0 Å². The van der Waals surface area contributed by atoms with Gasteiger partial charge in [0.15, 0.2) is 0 Å². The molecule has 0 aliphatic carbocycles. The van der Waals surface area contributed by atoms with Crippen LogP contribution in [0, 0.1) is 5.41 Å². The van der Waals surface area contributed by atoms with Crippen molar-refractivity contribution in [1.29, 1.82) is 0 Å². The maximum atomic E-state index is 12.1. The first-order valence-electron chi connectivity index (χ1n) is 6.67. The lowest BCUT2D eigenvalue weighted by Gasteiger charge is -2.34. The molecule has 0 spiro atoms. The molecule has 0 aromatic rings. The molecular weight excluding hydrogens is 216 g/mol. The van der Waals surface area contributed by atoms with Gasteiger partial charge in [0, 0.05) is 13.1 Å². The second kappa shape index (κ2) is 5.83. The molecule has 0 aromatic carbocycles. The summed E-state index contributed by atoms with van der Waals surface area (Å²) in [6, 6.07) is 0. The summed E-state index contributed by atoms with van der Waals surface area (Å²) in [6.45, 7) is 7.96. The number of carbonyl (C=O) groups is 1. The van der Waals surface area contributed by atoms with Gasteiger partial charge in [0.2, 0.25) is 5.91 Å². The molecule has 100 valence electrons. The van der Waals surface area contributed by atoms with Crippen molar-refractivity contribution in [3.05, 3.63) is 0 Å². The van der Waals surface area contributed by atoms with Crippen LogP contribution in [0.5, 0.6) is 0 Å². The number of hydrogen-bond donors (Lipinski definition) is 3. The van der Waals surface area contributed by atoms with Crippen LogP contribution in [-0.4, -0.2) is 36.2 Å². The van der Waals surface area contributed by atoms with E-state index in [1.54, 1.807) is 0 Å². The van der Waals surface area contributed by atoms with E-state index in [2.05, 4.69) is 10.6 Å². The summed E-state index contributed by atoms with van der Waals surface area (Å²) in [5.74, 6) is 0.0602. The molecule has 1 amide bonds. The maximum absolute atomic E-state index is 12.1. The van der Waals surface area contributed by atoms with Gasteiger partial charge in [-0.2, -0.15) is 0 Å². The van der Waals surface area contributed by atoms with Crippen molar-refractivity contribution in [2.45, 2.75) is 52.1 Å². The molecule has 4 heteroatoms. The molecule has 3 N–H and O–H groups in total. The fraction of sp³-hybridized carbons (Fsp3) is 0.923. The van der Waals surface area contributed by atoms with Crippen LogP contribution < -0.4 is 10.6 Å². The monoisotopic (exact) mass is 242 g/mol. The van der Waals surface area contributed by atoms with E-state index in [-0.39, 0.29) is 11.3 Å². The summed E-state index contributed by atoms with van der Waals surface area (Å²) in [5.41, 5.74) is -1.07. The van der Waals surface area contributed by atoms with Crippen molar-refractivity contribution in [3.63, 3.8) is 0 Å². The first-order valence-corrected chi connectivity index (χ1v) is 6.67. The average Bonchev–Trinajstić information content (AvgIpc) is 2.36. The van der Waals surface area contributed by atoms with Crippen LogP contribution in [0.1, 0.15) is 46.5 Å². The number of carbonyl (C=O) groups excluding carboxylic acids is 1. The van der Waals surface area contributed by atoms with Gasteiger partial charge >= 0.3 is 0 Å². The normalized spacial score (nSPS) is 25.6. The van der Waals surface area contributed by atoms with Gasteiger partial charge < -0.3 is 15.7 Å². The summed E-state index contributed by atoms with van der Waals surface area (Å²) in [6.07, 6.45) is 3.29. The van der Waals surface area contributed by atoms with Crippen molar-refractivity contribution in [1.82, 2.24) is 10.6 Å². The highest BCUT2D eigenvalue weighted by Crippen LogP contribution is 2.25. The van der Waals surface area contributed by atoms with E-state index in [1.807, 2.05) is 20.8 Å². The summed E-state index contributed by atoms with van der Waals surface area (Å²) in [4.78, 5) is 12.1. The van der Waals surface area contributed by atoms with Gasteiger partial charge in [0.25, 0.3) is 0 Å². The molecule has 1 fully saturated rings. The minimum absolute atomic E-state index is 0.0602. The minimum atomic E-state index is -0.756. The Labute approximate surface area is 104 Å². The van der Waals surface area contributed by atoms with Crippen molar-refractivity contribution in [2.24, 2.45) is 5.41 Å². The van der Waals surface area contributed by atoms with Crippen molar-refractivity contribution in [3.8, 4) is 0 Å². The Kier molecular flexibility index (Phi) is 4.95. The number of hydrogen-bond acceptors (Lipinski definition) is 3. The van der Waals surface area contributed by atoms with Gasteiger partial charge in [-0.05, 0) is 39.2 Å². The van der Waals surface area contributed by atoms with E-state index in [0.717, 1.165) is 25.9 Å². The quantitative estimate of drug-likeness (QED) is 0.675. The van der Waals surface area contributed by atoms with Crippen LogP contribution in [-0.2, 0) is 4.79 Å². The third-order valence-electron chi connectivity index (χ3n) is 4.04. The lowest BCUT2D eigenvalue weighted by atomic mass is 9.81. The summed E-state index contributed by atoms with van der Waals surface area (Å²) in [7, 11) is 0. The second-order valence-electron chi connectivity index (χ2n) is 5.46. The van der Waals surface area contributed by atoms with E-state index in [1.165, 1.54) is 0 Å². The van der Waals surface area contributed by atoms with Crippen LogP contribution in [0.3, 0.4) is 0 Å². The fourth-order valence-electron chi connectivity index (χ4n) is 2.21. The molecule has 0 saturated carbocycles. The van der Waals surface area contributed by atoms with Crippen LogP contribution in [0.2, 0.25) is 0 Å². The van der Waals surface area contributed by atoms with E-state index in [0.29, 0.717) is 19.4 Å². The number of piperidine rings is 1. The van der Waals surface area contributed by atoms with E-state index in [9.17, 15) is 9.90 Å². The molecule has 1 heterocycles. The number of amides is 1. The van der Waals surface area contributed by atoms with Crippen LogP contribution in [0.25, 0.3) is 0 Å². The smallest absolute Gasteiger partial charge is 0.227 e. The lowest BCUT2D eigenvalue weighted by Crippen LogP contribution is -2.52. The largest absolute Gasteiger partial charge is 0.388 e. The molecule has 1 saturated heterocycles. The highest BCUT2D eigenvalue weighted by molar-refractivity contribution is 5.82. The third-order valence-corrected chi connectivity index (χ3v) is 4.04. The molecule has 0 radical (unpaired) electrons. The molecule has 0 bridgehead atoms. The molecule has 1 rings (SSSR count). The lowest BCUT2D eigenvalue weighted by molar-refractivity contribution is -0.132. The molecule has 1 atom stereocenters. The second-order valence-corrected chi connectivity index (χ2v) is 5.46. The Bertz CT molecular complexity index is 256. The molecular formula is C13H26N2O2. The van der Waals surface area contributed by atoms with Gasteiger partial charge in [-0.15, -0.1) is 0 Å². The van der Waals surface area contributed by atoms with E-state index >= 15 is 0 Å². The molecule has 0 aromatic heterocycles. The zero-order chi connectivity index (χ0) is 12.9. The molecule has 17 heavy (non-hydrogen) atoms. The minimum Gasteiger partial charge on any atom is -0.388 e. The van der Waals surface area contributed by atoms with Crippen LogP contribution in [0.4, 0.5) is 0 Å². The van der Waals surface area contributed by atoms with Gasteiger partial charge in [-0.1, -0.05) is 13.8 Å². The molecule has 1 aliphatic heterocycles. The number of aliphatic hydroxyl groups is 1. The summed E-state index contributed by atoms with van der Waals surface area (Å²) in [5, 5.41) is 16.3. The van der Waals surface area contributed by atoms with Crippen LogP contribution >= 0.6 is 0 Å². The van der Waals surface area contributed by atoms with Gasteiger partial charge in [0.1, 0.15) is 0 Å². The first kappa shape index (κ1) is 14.5. The summed E-state index contributed by atoms with van der Waals surface area (Å²) >= 11 is 0. The third kappa shape index (κ3) is 3.68. The standard InChI is InChI=1S/C13H26N2O2/c1-4-13(17,5-2)10-15-11(16)12(3)7-6-8-14-9-12/h14,17H,4-10H2,1-3H3,(H,15,16). The molecule has 1 unspecified atom stereocenters. The van der Waals surface area contributed by atoms with E-state index < -0.39 is 5.60 Å². The maximum Gasteiger partial charge on any atom is 0.227 e. The topological polar surface area (TPSA) is 61.4 Å². The SMILES string of the molecule is CCC(O)(CC)CNC(=O)C1(C)CCCNC1. The average molecular weight is 242 g/mol. The van der Waals surface area contributed by atoms with Crippen molar-refractivity contribution < 1.29 is 9.90 Å². The van der Waals surface area contributed by atoms with Gasteiger partial charge in [-0.3, -0.25) is 4.79 Å². The first-order chi connectivity index (χ1) is 7.96. The summed E-state index contributed by atoms with van der Waals surface area (Å²) < 4.78 is 0. The van der Waals surface area contributed by atoms with Crippen molar-refractivity contribution in [2.75, 3.05) is 19.6 Å². The van der Waals surface area contributed by atoms with Gasteiger partial charge in [-0.25, -0.2) is 0 Å². The van der Waals surface area contributed by atoms with Crippen molar-refractivity contribution >= 4 is 5.91 Å². The van der Waals surface area contributed by atoms with E-state index in [4.69, 9.17) is 0 Å². The molecule has 1 aliphatic rings. The highest BCUT2D eigenvalue weighted by Gasteiger charge is 2.35. The Balaban J connectivity index is 2.48. The zero-order valence-corrected chi connectivity index (χ0v) is 11.3. The zero-order valence-electron chi connectivity index (χ0n) is 11.3. The predicted molar refractivity (Wildman–Crippen MR) is 68.8 cm³/mol. The number of nitrogens with one attached hydrogen (secondary N) is 2. The Hall–Kier alpha value is -0.610. The molecule has 4 nitrogen and oxygen atoms in total. The fourth-order valence-corrected chi connectivity index (χ4v) is 2.21. The highest BCUT2D eigenvalue weighted by atomic mass is 16.3.